The van der Waals surface area contributed by atoms with Crippen molar-refractivity contribution in [1.29, 1.82) is 0 Å². The number of nitrogens with zero attached hydrogens (tertiary/aromatic N) is 1. The van der Waals surface area contributed by atoms with Crippen LogP contribution in [0.15, 0.2) is 18.2 Å². The number of aryl methyl sites for hydroxylation is 3. The molecule has 0 spiro atoms. The molecule has 20 heavy (non-hydrogen) atoms. The molecular weight excluding hydrogens is 264 g/mol. The van der Waals surface area contributed by atoms with Gasteiger partial charge in [0.1, 0.15) is 5.01 Å². The van der Waals surface area contributed by atoms with Gasteiger partial charge in [0.05, 0.1) is 5.69 Å². The van der Waals surface area contributed by atoms with Crippen LogP contribution in [-0.4, -0.2) is 11.5 Å². The molecule has 2 aromatic rings. The lowest BCUT2D eigenvalue weighted by Crippen LogP contribution is -2.18. The molecule has 0 saturated heterocycles. The molecule has 1 N–H and O–H groups in total. The predicted molar refractivity (Wildman–Crippen MR) is 88.5 cm³/mol. The molecule has 1 atom stereocenters. The summed E-state index contributed by atoms with van der Waals surface area (Å²) >= 11 is 1.81. The summed E-state index contributed by atoms with van der Waals surface area (Å²) in [7, 11) is 0. The highest BCUT2D eigenvalue weighted by Crippen LogP contribution is 2.32. The van der Waals surface area contributed by atoms with Gasteiger partial charge in [-0.25, -0.2) is 4.98 Å². The second kappa shape index (κ2) is 6.51. The Balaban J connectivity index is 2.28. The van der Waals surface area contributed by atoms with Crippen LogP contribution >= 0.6 is 11.3 Å². The van der Waals surface area contributed by atoms with Crippen LogP contribution in [0.2, 0.25) is 0 Å². The van der Waals surface area contributed by atoms with Crippen molar-refractivity contribution in [3.05, 3.63) is 39.9 Å². The zero-order chi connectivity index (χ0) is 14.7. The third kappa shape index (κ3) is 3.28. The van der Waals surface area contributed by atoms with Crippen molar-refractivity contribution in [2.45, 2.75) is 47.1 Å². The Bertz CT molecular complexity index is 587. The van der Waals surface area contributed by atoms with Gasteiger partial charge in [-0.2, -0.15) is 0 Å². The van der Waals surface area contributed by atoms with Gasteiger partial charge in [0.25, 0.3) is 0 Å². The summed E-state index contributed by atoms with van der Waals surface area (Å²) in [6.07, 6.45) is 1.16. The number of nitrogens with one attached hydrogen (secondary N) is 1. The number of thiazole rings is 1. The Hall–Kier alpha value is -1.19. The average molecular weight is 288 g/mol. The number of hydrogen-bond donors (Lipinski definition) is 1. The van der Waals surface area contributed by atoms with E-state index in [0.717, 1.165) is 23.7 Å². The van der Waals surface area contributed by atoms with E-state index in [1.807, 2.05) is 11.3 Å². The van der Waals surface area contributed by atoms with Crippen molar-refractivity contribution >= 4 is 11.3 Å². The maximum Gasteiger partial charge on any atom is 0.123 e. The van der Waals surface area contributed by atoms with E-state index in [1.54, 1.807) is 0 Å². The van der Waals surface area contributed by atoms with Gasteiger partial charge in [0.2, 0.25) is 0 Å². The summed E-state index contributed by atoms with van der Waals surface area (Å²) < 4.78 is 0. The minimum Gasteiger partial charge on any atom is -0.309 e. The molecule has 1 aromatic heterocycles. The molecule has 2 nitrogen and oxygen atoms in total. The molecule has 0 amide bonds. The van der Waals surface area contributed by atoms with Crippen molar-refractivity contribution in [3.8, 4) is 10.6 Å². The fourth-order valence-electron chi connectivity index (χ4n) is 2.26. The van der Waals surface area contributed by atoms with Gasteiger partial charge in [-0.3, -0.25) is 0 Å². The Morgan fingerprint density at radius 2 is 1.95 bits per heavy atom. The Kier molecular flexibility index (Phi) is 4.95. The van der Waals surface area contributed by atoms with E-state index in [0.29, 0.717) is 6.04 Å². The first-order chi connectivity index (χ1) is 9.52. The van der Waals surface area contributed by atoms with E-state index in [1.165, 1.54) is 21.6 Å². The largest absolute Gasteiger partial charge is 0.309 e. The molecule has 1 unspecified atom stereocenters. The van der Waals surface area contributed by atoms with Gasteiger partial charge < -0.3 is 5.32 Å². The van der Waals surface area contributed by atoms with Crippen LogP contribution in [0, 0.1) is 20.8 Å². The lowest BCUT2D eigenvalue weighted by molar-refractivity contribution is 0.575. The number of rotatable bonds is 5. The minimum atomic E-state index is 0.382. The second-order valence-electron chi connectivity index (χ2n) is 5.44. The normalized spacial score (nSPS) is 12.7. The van der Waals surface area contributed by atoms with E-state index < -0.39 is 0 Å². The van der Waals surface area contributed by atoms with Gasteiger partial charge >= 0.3 is 0 Å². The summed E-state index contributed by atoms with van der Waals surface area (Å²) in [5.74, 6) is 0. The van der Waals surface area contributed by atoms with Crippen LogP contribution in [0.4, 0.5) is 0 Å². The van der Waals surface area contributed by atoms with Crippen LogP contribution in [0.1, 0.15) is 48.0 Å². The van der Waals surface area contributed by atoms with Gasteiger partial charge in [-0.05, 0) is 57.9 Å². The number of benzene rings is 1. The third-order valence-electron chi connectivity index (χ3n) is 3.68. The van der Waals surface area contributed by atoms with Crippen molar-refractivity contribution < 1.29 is 0 Å². The third-order valence-corrected chi connectivity index (χ3v) is 5.07. The molecule has 0 radical (unpaired) electrons. The van der Waals surface area contributed by atoms with Gasteiger partial charge in [-0.1, -0.05) is 19.1 Å². The van der Waals surface area contributed by atoms with E-state index in [4.69, 9.17) is 4.98 Å². The van der Waals surface area contributed by atoms with E-state index in [9.17, 15) is 0 Å². The van der Waals surface area contributed by atoms with Crippen molar-refractivity contribution in [1.82, 2.24) is 10.3 Å². The summed E-state index contributed by atoms with van der Waals surface area (Å²) in [6.45, 7) is 11.9. The summed E-state index contributed by atoms with van der Waals surface area (Å²) in [6, 6.07) is 6.98. The SMILES string of the molecule is CCCNC(C)c1sc(-c2ccc(C)c(C)c2)nc1C. The Labute approximate surface area is 126 Å². The number of aromatic nitrogens is 1. The molecular formula is C17H24N2S. The average Bonchev–Trinajstić information content (AvgIpc) is 2.81. The standard InChI is InChI=1S/C17H24N2S/c1-6-9-18-13(4)16-14(5)19-17(20-16)15-8-7-11(2)12(3)10-15/h7-8,10,13,18H,6,9H2,1-5H3. The molecule has 3 heteroatoms. The van der Waals surface area contributed by atoms with E-state index in [2.05, 4.69) is 58.1 Å². The zero-order valence-corrected chi connectivity index (χ0v) is 13.9. The molecule has 0 saturated carbocycles. The molecule has 0 aliphatic heterocycles. The maximum absolute atomic E-state index is 4.76. The smallest absolute Gasteiger partial charge is 0.123 e. The molecule has 1 aromatic carbocycles. The lowest BCUT2D eigenvalue weighted by atomic mass is 10.1. The summed E-state index contributed by atoms with van der Waals surface area (Å²) in [4.78, 5) is 6.11. The van der Waals surface area contributed by atoms with E-state index in [-0.39, 0.29) is 0 Å². The lowest BCUT2D eigenvalue weighted by Gasteiger charge is -2.11. The first-order valence-electron chi connectivity index (χ1n) is 7.31. The highest BCUT2D eigenvalue weighted by Gasteiger charge is 2.14. The predicted octanol–water partition coefficient (Wildman–Crippen LogP) is 4.80. The monoisotopic (exact) mass is 288 g/mol. The summed E-state index contributed by atoms with van der Waals surface area (Å²) in [5.41, 5.74) is 5.05. The van der Waals surface area contributed by atoms with E-state index >= 15 is 0 Å². The van der Waals surface area contributed by atoms with Crippen molar-refractivity contribution in [3.63, 3.8) is 0 Å². The fraction of sp³-hybridized carbons (Fsp3) is 0.471. The Morgan fingerprint density at radius 3 is 2.60 bits per heavy atom. The van der Waals surface area contributed by atoms with Crippen molar-refractivity contribution in [2.75, 3.05) is 6.54 Å². The fourth-order valence-corrected chi connectivity index (χ4v) is 3.35. The number of hydrogen-bond acceptors (Lipinski definition) is 3. The van der Waals surface area contributed by atoms with Crippen LogP contribution in [0.5, 0.6) is 0 Å². The molecule has 2 rings (SSSR count). The molecule has 1 heterocycles. The Morgan fingerprint density at radius 1 is 1.20 bits per heavy atom. The van der Waals surface area contributed by atoms with Crippen molar-refractivity contribution in [2.24, 2.45) is 0 Å². The molecule has 0 aliphatic carbocycles. The zero-order valence-electron chi connectivity index (χ0n) is 13.1. The molecule has 108 valence electrons. The summed E-state index contributed by atoms with van der Waals surface area (Å²) in [5, 5.41) is 4.68. The maximum atomic E-state index is 4.76. The highest BCUT2D eigenvalue weighted by atomic mass is 32.1. The first-order valence-corrected chi connectivity index (χ1v) is 8.13. The molecule has 0 aliphatic rings. The van der Waals surface area contributed by atoms with Crippen LogP contribution in [0.25, 0.3) is 10.6 Å². The topological polar surface area (TPSA) is 24.9 Å². The van der Waals surface area contributed by atoms with Gasteiger partial charge in [-0.15, -0.1) is 11.3 Å². The quantitative estimate of drug-likeness (QED) is 0.855. The van der Waals surface area contributed by atoms with Crippen LogP contribution in [0.3, 0.4) is 0 Å². The highest BCUT2D eigenvalue weighted by molar-refractivity contribution is 7.15. The van der Waals surface area contributed by atoms with Gasteiger partial charge in [0, 0.05) is 16.5 Å². The second-order valence-corrected chi connectivity index (χ2v) is 6.47. The van der Waals surface area contributed by atoms with Gasteiger partial charge in [0.15, 0.2) is 0 Å². The minimum absolute atomic E-state index is 0.382. The first kappa shape index (κ1) is 15.2. The molecule has 0 fully saturated rings. The van der Waals surface area contributed by atoms with Crippen LogP contribution in [-0.2, 0) is 0 Å². The van der Waals surface area contributed by atoms with Crippen LogP contribution < -0.4 is 5.32 Å². The molecule has 0 bridgehead atoms.